The Kier molecular flexibility index (Phi) is 5.69. The molecule has 9 heteroatoms. The molecule has 0 aliphatic carbocycles. The summed E-state index contributed by atoms with van der Waals surface area (Å²) in [5.74, 6) is -1.38. The molecule has 1 atom stereocenters. The number of carbonyl (C=O) groups excluding carboxylic acids is 2. The number of sulfone groups is 1. The molecular formula is C20H20ClFN2O4S. The van der Waals surface area contributed by atoms with E-state index in [2.05, 4.69) is 5.32 Å². The Labute approximate surface area is 173 Å². The van der Waals surface area contributed by atoms with Gasteiger partial charge in [0.15, 0.2) is 9.84 Å². The largest absolute Gasteiger partial charge is 0.325 e. The van der Waals surface area contributed by atoms with Crippen LogP contribution in [0.25, 0.3) is 0 Å². The molecule has 6 nitrogen and oxygen atoms in total. The van der Waals surface area contributed by atoms with Gasteiger partial charge in [0, 0.05) is 6.54 Å². The molecule has 2 aromatic rings. The lowest BCUT2D eigenvalue weighted by Crippen LogP contribution is -2.41. The molecule has 0 radical (unpaired) electrons. The molecule has 1 heterocycles. The monoisotopic (exact) mass is 438 g/mol. The third-order valence-electron chi connectivity index (χ3n) is 4.95. The van der Waals surface area contributed by atoms with E-state index in [0.29, 0.717) is 5.56 Å². The fraction of sp³-hybridized carbons (Fsp3) is 0.300. The van der Waals surface area contributed by atoms with Crippen molar-refractivity contribution in [2.24, 2.45) is 0 Å². The minimum Gasteiger partial charge on any atom is -0.319 e. The average molecular weight is 439 g/mol. The molecule has 1 saturated heterocycles. The van der Waals surface area contributed by atoms with Crippen LogP contribution < -0.4 is 5.32 Å². The first-order valence-corrected chi connectivity index (χ1v) is 11.0. The van der Waals surface area contributed by atoms with Gasteiger partial charge < -0.3 is 5.32 Å². The quantitative estimate of drug-likeness (QED) is 0.700. The van der Waals surface area contributed by atoms with Crippen LogP contribution in [0, 0.1) is 12.7 Å². The van der Waals surface area contributed by atoms with Crippen molar-refractivity contribution in [3.8, 4) is 0 Å². The van der Waals surface area contributed by atoms with Gasteiger partial charge in [-0.1, -0.05) is 35.4 Å². The molecule has 1 unspecified atom stereocenters. The zero-order valence-electron chi connectivity index (χ0n) is 15.9. The lowest BCUT2D eigenvalue weighted by Gasteiger charge is -2.22. The molecule has 3 amide bonds. The molecule has 1 aliphatic rings. The van der Waals surface area contributed by atoms with Crippen LogP contribution in [0.15, 0.2) is 47.4 Å². The lowest BCUT2D eigenvalue weighted by molar-refractivity contribution is -0.131. The summed E-state index contributed by atoms with van der Waals surface area (Å²) in [6.07, 6.45) is 0.0929. The molecule has 1 fully saturated rings. The first-order chi connectivity index (χ1) is 13.5. The first kappa shape index (κ1) is 21.3. The van der Waals surface area contributed by atoms with Gasteiger partial charge in [-0.3, -0.25) is 9.69 Å². The minimum absolute atomic E-state index is 0.0553. The maximum atomic E-state index is 13.4. The van der Waals surface area contributed by atoms with Gasteiger partial charge in [-0.2, -0.15) is 0 Å². The van der Waals surface area contributed by atoms with Gasteiger partial charge in [-0.25, -0.2) is 17.6 Å². The molecule has 154 valence electrons. The molecule has 0 spiro atoms. The van der Waals surface area contributed by atoms with Gasteiger partial charge in [0.05, 0.1) is 15.7 Å². The molecule has 3 rings (SSSR count). The highest BCUT2D eigenvalue weighted by Crippen LogP contribution is 2.31. The Morgan fingerprint density at radius 2 is 1.79 bits per heavy atom. The van der Waals surface area contributed by atoms with Crippen molar-refractivity contribution in [2.75, 3.05) is 12.3 Å². The number of aryl methyl sites for hydroxylation is 1. The number of benzene rings is 2. The Morgan fingerprint density at radius 3 is 2.41 bits per heavy atom. The van der Waals surface area contributed by atoms with Gasteiger partial charge in [-0.15, -0.1) is 0 Å². The van der Waals surface area contributed by atoms with Crippen molar-refractivity contribution in [3.05, 3.63) is 64.4 Å². The second-order valence-electron chi connectivity index (χ2n) is 7.13. The summed E-state index contributed by atoms with van der Waals surface area (Å²) in [6, 6.07) is 9.66. The van der Waals surface area contributed by atoms with Crippen LogP contribution in [0.2, 0.25) is 5.02 Å². The number of rotatable bonds is 6. The summed E-state index contributed by atoms with van der Waals surface area (Å²) in [4.78, 5) is 26.4. The van der Waals surface area contributed by atoms with Crippen molar-refractivity contribution in [1.29, 1.82) is 0 Å². The Morgan fingerprint density at radius 1 is 1.14 bits per heavy atom. The van der Waals surface area contributed by atoms with Gasteiger partial charge in [0.2, 0.25) is 0 Å². The third kappa shape index (κ3) is 4.13. The van der Waals surface area contributed by atoms with Crippen molar-refractivity contribution in [2.45, 2.75) is 30.7 Å². The van der Waals surface area contributed by atoms with E-state index in [1.165, 1.54) is 31.2 Å². The molecule has 0 aromatic heterocycles. The average Bonchev–Trinajstić information content (AvgIpc) is 2.88. The topological polar surface area (TPSA) is 83.6 Å². The predicted octanol–water partition coefficient (Wildman–Crippen LogP) is 3.42. The van der Waals surface area contributed by atoms with Gasteiger partial charge in [0.1, 0.15) is 11.4 Å². The summed E-state index contributed by atoms with van der Waals surface area (Å²) >= 11 is 5.80. The van der Waals surface area contributed by atoms with Crippen LogP contribution in [0.4, 0.5) is 9.18 Å². The van der Waals surface area contributed by atoms with Crippen molar-refractivity contribution in [3.63, 3.8) is 0 Å². The maximum absolute atomic E-state index is 13.4. The fourth-order valence-electron chi connectivity index (χ4n) is 3.18. The second kappa shape index (κ2) is 7.76. The number of imide groups is 1. The van der Waals surface area contributed by atoms with Crippen LogP contribution in [-0.4, -0.2) is 37.6 Å². The SMILES string of the molecule is Cc1ccc(S(=O)(=O)CCCN2C(=O)NC(C)(c3ccc(F)c(Cl)c3)C2=O)cc1. The molecular weight excluding hydrogens is 419 g/mol. The number of hydrogen-bond acceptors (Lipinski definition) is 4. The van der Waals surface area contributed by atoms with Crippen LogP contribution in [0.5, 0.6) is 0 Å². The summed E-state index contributed by atoms with van der Waals surface area (Å²) in [5.41, 5.74) is -0.106. The zero-order chi connectivity index (χ0) is 21.4. The highest BCUT2D eigenvalue weighted by Gasteiger charge is 2.48. The number of hydrogen-bond donors (Lipinski definition) is 1. The van der Waals surface area contributed by atoms with Crippen LogP contribution in [0.1, 0.15) is 24.5 Å². The minimum atomic E-state index is -3.52. The first-order valence-electron chi connectivity index (χ1n) is 8.94. The van der Waals surface area contributed by atoms with Crippen LogP contribution in [-0.2, 0) is 20.2 Å². The molecule has 0 saturated carbocycles. The third-order valence-corrected chi connectivity index (χ3v) is 7.05. The van der Waals surface area contributed by atoms with Crippen molar-refractivity contribution >= 4 is 33.4 Å². The molecule has 0 bridgehead atoms. The number of amides is 3. The molecule has 29 heavy (non-hydrogen) atoms. The van der Waals surface area contributed by atoms with Crippen LogP contribution in [0.3, 0.4) is 0 Å². The van der Waals surface area contributed by atoms with Gasteiger partial charge in [-0.05, 0) is 50.1 Å². The summed E-state index contributed by atoms with van der Waals surface area (Å²) in [6.45, 7) is 3.30. The smallest absolute Gasteiger partial charge is 0.319 e. The fourth-order valence-corrected chi connectivity index (χ4v) is 4.66. The standard InChI is InChI=1S/C20H20ClFN2O4S/c1-13-4-7-15(8-5-13)29(27,28)11-3-10-24-18(25)20(2,23-19(24)26)14-6-9-17(22)16(21)12-14/h4-9,12H,3,10-11H2,1-2H3,(H,23,26). The Bertz CT molecular complexity index is 1070. The van der Waals surface area contributed by atoms with E-state index in [-0.39, 0.29) is 28.6 Å². The summed E-state index contributed by atoms with van der Waals surface area (Å²) in [7, 11) is -3.52. The number of urea groups is 1. The van der Waals surface area contributed by atoms with Gasteiger partial charge >= 0.3 is 6.03 Å². The van der Waals surface area contributed by atoms with Crippen molar-refractivity contribution in [1.82, 2.24) is 10.2 Å². The van der Waals surface area contributed by atoms with E-state index < -0.39 is 33.1 Å². The maximum Gasteiger partial charge on any atom is 0.325 e. The van der Waals surface area contributed by atoms with E-state index in [1.54, 1.807) is 12.1 Å². The number of nitrogens with one attached hydrogen (secondary N) is 1. The highest BCUT2D eigenvalue weighted by molar-refractivity contribution is 7.91. The van der Waals surface area contributed by atoms with Crippen molar-refractivity contribution < 1.29 is 22.4 Å². The Balaban J connectivity index is 1.70. The number of carbonyl (C=O) groups is 2. The van der Waals surface area contributed by atoms with E-state index in [0.717, 1.165) is 16.5 Å². The Hall–Kier alpha value is -2.45. The summed E-state index contributed by atoms with van der Waals surface area (Å²) in [5, 5.41) is 2.43. The van der Waals surface area contributed by atoms with E-state index >= 15 is 0 Å². The van der Waals surface area contributed by atoms with E-state index in [9.17, 15) is 22.4 Å². The van der Waals surface area contributed by atoms with E-state index in [4.69, 9.17) is 11.6 Å². The van der Waals surface area contributed by atoms with E-state index in [1.807, 2.05) is 6.92 Å². The second-order valence-corrected chi connectivity index (χ2v) is 9.64. The molecule has 1 aliphatic heterocycles. The van der Waals surface area contributed by atoms with Gasteiger partial charge in [0.25, 0.3) is 5.91 Å². The highest BCUT2D eigenvalue weighted by atomic mass is 35.5. The zero-order valence-corrected chi connectivity index (χ0v) is 17.5. The number of halogens is 2. The number of nitrogens with zero attached hydrogens (tertiary/aromatic N) is 1. The van der Waals surface area contributed by atoms with Crippen LogP contribution >= 0.6 is 11.6 Å². The normalized spacial score (nSPS) is 19.5. The lowest BCUT2D eigenvalue weighted by atomic mass is 9.92. The summed E-state index contributed by atoms with van der Waals surface area (Å²) < 4.78 is 38.3. The molecule has 2 aromatic carbocycles. The molecule has 1 N–H and O–H groups in total. The predicted molar refractivity (Wildman–Crippen MR) is 107 cm³/mol.